The van der Waals surface area contributed by atoms with Crippen molar-refractivity contribution in [2.45, 2.75) is 38.1 Å². The lowest BCUT2D eigenvalue weighted by atomic mass is 9.90. The Morgan fingerprint density at radius 3 is 2.68 bits per heavy atom. The lowest BCUT2D eigenvalue weighted by molar-refractivity contribution is -0.156. The third-order valence-electron chi connectivity index (χ3n) is 4.86. The summed E-state index contributed by atoms with van der Waals surface area (Å²) < 4.78 is 4.85. The van der Waals surface area contributed by atoms with E-state index in [9.17, 15) is 9.59 Å². The highest BCUT2D eigenvalue weighted by atomic mass is 16.5. The summed E-state index contributed by atoms with van der Waals surface area (Å²) in [6.07, 6.45) is 9.25. The molecule has 1 aliphatic heterocycles. The number of likely N-dealkylation sites (tertiary alicyclic amines) is 1. The van der Waals surface area contributed by atoms with Crippen molar-refractivity contribution in [3.05, 3.63) is 12.2 Å². The number of ether oxygens (including phenoxy) is 1. The molecular weight excluding hydrogens is 242 g/mol. The van der Waals surface area contributed by atoms with E-state index in [2.05, 4.69) is 12.2 Å². The van der Waals surface area contributed by atoms with Gasteiger partial charge in [-0.2, -0.15) is 0 Å². The highest BCUT2D eigenvalue weighted by Crippen LogP contribution is 2.44. The lowest BCUT2D eigenvalue weighted by Gasteiger charge is -2.36. The topological polar surface area (TPSA) is 46.6 Å². The predicted molar refractivity (Wildman–Crippen MR) is 70.2 cm³/mol. The van der Waals surface area contributed by atoms with E-state index < -0.39 is 0 Å². The van der Waals surface area contributed by atoms with E-state index >= 15 is 0 Å². The Morgan fingerprint density at radius 1 is 1.21 bits per heavy atom. The fraction of sp³-hybridized carbons (Fsp3) is 0.733. The Balaban J connectivity index is 1.73. The van der Waals surface area contributed by atoms with E-state index in [0.717, 1.165) is 32.1 Å². The van der Waals surface area contributed by atoms with Crippen molar-refractivity contribution in [1.82, 2.24) is 4.90 Å². The third-order valence-corrected chi connectivity index (χ3v) is 4.86. The molecule has 4 nitrogen and oxygen atoms in total. The molecule has 1 amide bonds. The molecule has 4 atom stereocenters. The van der Waals surface area contributed by atoms with Crippen molar-refractivity contribution in [3.8, 4) is 0 Å². The van der Waals surface area contributed by atoms with Crippen molar-refractivity contribution in [1.29, 1.82) is 0 Å². The van der Waals surface area contributed by atoms with Crippen molar-refractivity contribution < 1.29 is 14.3 Å². The number of piperidine rings is 1. The number of esters is 1. The number of nitrogens with zero attached hydrogens (tertiary/aromatic N) is 1. The van der Waals surface area contributed by atoms with Gasteiger partial charge in [-0.05, 0) is 43.9 Å². The van der Waals surface area contributed by atoms with E-state index in [1.807, 2.05) is 0 Å². The van der Waals surface area contributed by atoms with Crippen LogP contribution in [0.5, 0.6) is 0 Å². The first kappa shape index (κ1) is 12.7. The molecule has 1 saturated carbocycles. The molecular formula is C15H21NO3. The summed E-state index contributed by atoms with van der Waals surface area (Å²) >= 11 is 0. The highest BCUT2D eigenvalue weighted by Gasteiger charge is 2.44. The molecule has 1 heterocycles. The number of fused-ring (bicyclic) bond motifs is 2. The van der Waals surface area contributed by atoms with Gasteiger partial charge in [-0.3, -0.25) is 4.79 Å². The van der Waals surface area contributed by atoms with Gasteiger partial charge in [0, 0.05) is 12.5 Å². The summed E-state index contributed by atoms with van der Waals surface area (Å²) in [7, 11) is 1.40. The zero-order chi connectivity index (χ0) is 13.4. The van der Waals surface area contributed by atoms with Crippen LogP contribution in [0.4, 0.5) is 0 Å². The number of hydrogen-bond acceptors (Lipinski definition) is 3. The van der Waals surface area contributed by atoms with Crippen LogP contribution in [0.15, 0.2) is 12.2 Å². The van der Waals surface area contributed by atoms with Gasteiger partial charge >= 0.3 is 5.97 Å². The molecule has 0 aromatic rings. The number of hydrogen-bond donors (Lipinski definition) is 0. The molecule has 3 rings (SSSR count). The van der Waals surface area contributed by atoms with Crippen LogP contribution in [0, 0.1) is 17.8 Å². The molecule has 2 bridgehead atoms. The largest absolute Gasteiger partial charge is 0.467 e. The van der Waals surface area contributed by atoms with Crippen LogP contribution >= 0.6 is 0 Å². The normalized spacial score (nSPS) is 36.6. The van der Waals surface area contributed by atoms with Gasteiger partial charge < -0.3 is 9.64 Å². The van der Waals surface area contributed by atoms with Gasteiger partial charge in [0.25, 0.3) is 0 Å². The van der Waals surface area contributed by atoms with Gasteiger partial charge in [0.05, 0.1) is 7.11 Å². The maximum atomic E-state index is 12.7. The minimum Gasteiger partial charge on any atom is -0.467 e. The first-order valence-electron chi connectivity index (χ1n) is 7.27. The van der Waals surface area contributed by atoms with Gasteiger partial charge in [0.1, 0.15) is 6.04 Å². The SMILES string of the molecule is COC(=O)[C@H]1CCCCN1C(=O)C1CC2C=CC1C2. The second kappa shape index (κ2) is 4.99. The summed E-state index contributed by atoms with van der Waals surface area (Å²) in [4.78, 5) is 26.3. The second-order valence-corrected chi connectivity index (χ2v) is 5.95. The van der Waals surface area contributed by atoms with Gasteiger partial charge in [0.2, 0.25) is 5.91 Å². The molecule has 2 aliphatic carbocycles. The van der Waals surface area contributed by atoms with Crippen LogP contribution in [0.1, 0.15) is 32.1 Å². The molecule has 0 radical (unpaired) electrons. The molecule has 0 aromatic heterocycles. The smallest absolute Gasteiger partial charge is 0.328 e. The number of amides is 1. The van der Waals surface area contributed by atoms with Crippen LogP contribution in [0.2, 0.25) is 0 Å². The minimum absolute atomic E-state index is 0.0975. The van der Waals surface area contributed by atoms with E-state index in [1.54, 1.807) is 4.90 Å². The molecule has 19 heavy (non-hydrogen) atoms. The zero-order valence-electron chi connectivity index (χ0n) is 11.4. The average Bonchev–Trinajstić information content (AvgIpc) is 3.08. The highest BCUT2D eigenvalue weighted by molar-refractivity contribution is 5.86. The number of carbonyl (C=O) groups is 2. The molecule has 0 aromatic carbocycles. The Morgan fingerprint density at radius 2 is 2.05 bits per heavy atom. The van der Waals surface area contributed by atoms with E-state index in [1.165, 1.54) is 7.11 Å². The van der Waals surface area contributed by atoms with Crippen molar-refractivity contribution in [2.24, 2.45) is 17.8 Å². The van der Waals surface area contributed by atoms with Crippen molar-refractivity contribution in [2.75, 3.05) is 13.7 Å². The summed E-state index contributed by atoms with van der Waals surface area (Å²) in [5, 5.41) is 0. The van der Waals surface area contributed by atoms with Crippen LogP contribution < -0.4 is 0 Å². The van der Waals surface area contributed by atoms with E-state index in [0.29, 0.717) is 18.4 Å². The average molecular weight is 263 g/mol. The van der Waals surface area contributed by atoms with E-state index in [-0.39, 0.29) is 23.8 Å². The summed E-state index contributed by atoms with van der Waals surface area (Å²) in [6, 6.07) is -0.352. The van der Waals surface area contributed by atoms with Gasteiger partial charge in [0.15, 0.2) is 0 Å². The fourth-order valence-electron chi connectivity index (χ4n) is 3.85. The molecule has 3 unspecified atom stereocenters. The van der Waals surface area contributed by atoms with Gasteiger partial charge in [-0.25, -0.2) is 4.79 Å². The van der Waals surface area contributed by atoms with Crippen LogP contribution in [-0.4, -0.2) is 36.5 Å². The quantitative estimate of drug-likeness (QED) is 0.563. The molecule has 3 aliphatic rings. The number of allylic oxidation sites excluding steroid dienone is 2. The summed E-state index contributed by atoms with van der Waals surface area (Å²) in [5.74, 6) is 0.997. The Hall–Kier alpha value is -1.32. The van der Waals surface area contributed by atoms with Crippen LogP contribution in [0.25, 0.3) is 0 Å². The predicted octanol–water partition coefficient (Wildman–Crippen LogP) is 1.75. The molecule has 0 N–H and O–H groups in total. The number of carbonyl (C=O) groups excluding carboxylic acids is 2. The van der Waals surface area contributed by atoms with Gasteiger partial charge in [-0.15, -0.1) is 0 Å². The van der Waals surface area contributed by atoms with E-state index in [4.69, 9.17) is 4.74 Å². The first-order chi connectivity index (χ1) is 9.20. The van der Waals surface area contributed by atoms with Crippen LogP contribution in [0.3, 0.4) is 0 Å². The standard InChI is InChI=1S/C15H21NO3/c1-19-15(18)13-4-2-3-7-16(13)14(17)12-9-10-5-6-11(12)8-10/h5-6,10-13H,2-4,7-9H2,1H3/t10?,11?,12?,13-/m1/s1. The first-order valence-corrected chi connectivity index (χ1v) is 7.27. The maximum Gasteiger partial charge on any atom is 0.328 e. The monoisotopic (exact) mass is 263 g/mol. The zero-order valence-corrected chi connectivity index (χ0v) is 11.4. The number of methoxy groups -OCH3 is 1. The number of rotatable bonds is 2. The third kappa shape index (κ3) is 2.17. The molecule has 0 spiro atoms. The molecule has 104 valence electrons. The lowest BCUT2D eigenvalue weighted by Crippen LogP contribution is -2.51. The maximum absolute atomic E-state index is 12.7. The van der Waals surface area contributed by atoms with Crippen molar-refractivity contribution >= 4 is 11.9 Å². The minimum atomic E-state index is -0.352. The summed E-state index contributed by atoms with van der Waals surface area (Å²) in [5.41, 5.74) is 0. The fourth-order valence-corrected chi connectivity index (χ4v) is 3.85. The Labute approximate surface area is 113 Å². The molecule has 2 fully saturated rings. The second-order valence-electron chi connectivity index (χ2n) is 5.95. The molecule has 4 heteroatoms. The Kier molecular flexibility index (Phi) is 3.33. The van der Waals surface area contributed by atoms with Crippen molar-refractivity contribution in [3.63, 3.8) is 0 Å². The van der Waals surface area contributed by atoms with Crippen LogP contribution in [-0.2, 0) is 14.3 Å². The Bertz CT molecular complexity index is 418. The molecule has 1 saturated heterocycles. The van der Waals surface area contributed by atoms with Gasteiger partial charge in [-0.1, -0.05) is 12.2 Å². The summed E-state index contributed by atoms with van der Waals surface area (Å²) in [6.45, 7) is 0.705.